The third-order valence-electron chi connectivity index (χ3n) is 4.88. The van der Waals surface area contributed by atoms with Gasteiger partial charge in [0.1, 0.15) is 11.0 Å². The monoisotopic (exact) mass is 385 g/mol. The molecule has 0 bridgehead atoms. The number of rotatable bonds is 7. The van der Waals surface area contributed by atoms with Gasteiger partial charge in [-0.1, -0.05) is 54.6 Å². The third-order valence-corrected chi connectivity index (χ3v) is 6.48. The fourth-order valence-corrected chi connectivity index (χ4v) is 4.56. The average molecular weight is 385 g/mol. The minimum Gasteiger partial charge on any atom is -0.480 e. The fraction of sp³-hybridized carbons (Fsp3) is 0.333. The predicted octanol–water partition coefficient (Wildman–Crippen LogP) is 2.41. The van der Waals surface area contributed by atoms with E-state index in [9.17, 15) is 18.9 Å². The lowest BCUT2D eigenvalue weighted by Crippen LogP contribution is -2.40. The standard InChI is InChI=1S/C21H23NO4S/c23-20(22-13-12-17-8-4-5-9-18(17)14-22)15-27(26)19(21(24)25)11-10-16-6-2-1-3-7-16/h1-9,19H,10-15H2,(H,24,25). The van der Waals surface area contributed by atoms with Crippen LogP contribution in [0.1, 0.15) is 23.1 Å². The second kappa shape index (κ2) is 8.95. The molecule has 27 heavy (non-hydrogen) atoms. The number of carbonyl (C=O) groups excluding carboxylic acids is 1. The highest BCUT2D eigenvalue weighted by atomic mass is 32.2. The van der Waals surface area contributed by atoms with Gasteiger partial charge in [-0.3, -0.25) is 13.8 Å². The van der Waals surface area contributed by atoms with Crippen molar-refractivity contribution in [3.8, 4) is 0 Å². The van der Waals surface area contributed by atoms with Crippen molar-refractivity contribution in [2.75, 3.05) is 12.3 Å². The van der Waals surface area contributed by atoms with Crippen molar-refractivity contribution in [3.63, 3.8) is 0 Å². The Balaban J connectivity index is 1.58. The van der Waals surface area contributed by atoms with Crippen LogP contribution in [-0.4, -0.2) is 43.6 Å². The Labute approximate surface area is 161 Å². The molecular formula is C21H23NO4S. The van der Waals surface area contributed by atoms with Gasteiger partial charge in [0.25, 0.3) is 0 Å². The molecule has 2 aromatic carbocycles. The van der Waals surface area contributed by atoms with E-state index in [-0.39, 0.29) is 18.1 Å². The maximum absolute atomic E-state index is 12.6. The number of aliphatic carboxylic acids is 1. The summed E-state index contributed by atoms with van der Waals surface area (Å²) in [7, 11) is -1.74. The molecule has 0 saturated carbocycles. The zero-order valence-corrected chi connectivity index (χ0v) is 15.9. The Kier molecular flexibility index (Phi) is 6.40. The van der Waals surface area contributed by atoms with Crippen LogP contribution in [-0.2, 0) is 39.8 Å². The first-order valence-corrected chi connectivity index (χ1v) is 10.4. The molecule has 5 nitrogen and oxygen atoms in total. The zero-order valence-electron chi connectivity index (χ0n) is 15.0. The molecule has 3 rings (SSSR count). The van der Waals surface area contributed by atoms with Crippen LogP contribution in [0.15, 0.2) is 54.6 Å². The summed E-state index contributed by atoms with van der Waals surface area (Å²) in [5, 5.41) is 8.42. The Morgan fingerprint density at radius 2 is 1.70 bits per heavy atom. The Morgan fingerprint density at radius 1 is 1.04 bits per heavy atom. The highest BCUT2D eigenvalue weighted by molar-refractivity contribution is 7.87. The maximum Gasteiger partial charge on any atom is 0.319 e. The number of carboxylic acid groups (broad SMARTS) is 1. The molecule has 142 valence electrons. The van der Waals surface area contributed by atoms with Crippen LogP contribution in [0.25, 0.3) is 0 Å². The van der Waals surface area contributed by atoms with E-state index in [0.717, 1.165) is 17.5 Å². The van der Waals surface area contributed by atoms with Crippen molar-refractivity contribution < 1.29 is 18.9 Å². The third kappa shape index (κ3) is 5.04. The van der Waals surface area contributed by atoms with Crippen LogP contribution in [0.4, 0.5) is 0 Å². The lowest BCUT2D eigenvalue weighted by Gasteiger charge is -2.29. The molecule has 0 saturated heterocycles. The summed E-state index contributed by atoms with van der Waals surface area (Å²) in [5.41, 5.74) is 3.33. The van der Waals surface area contributed by atoms with Crippen molar-refractivity contribution in [2.24, 2.45) is 0 Å². The van der Waals surface area contributed by atoms with E-state index in [1.807, 2.05) is 48.5 Å². The lowest BCUT2D eigenvalue weighted by molar-refractivity contribution is -0.136. The number of benzene rings is 2. The second-order valence-corrected chi connectivity index (χ2v) is 8.33. The Bertz CT molecular complexity index is 837. The largest absolute Gasteiger partial charge is 0.480 e. The summed E-state index contributed by atoms with van der Waals surface area (Å²) in [4.78, 5) is 25.8. The van der Waals surface area contributed by atoms with Gasteiger partial charge in [0, 0.05) is 23.9 Å². The Morgan fingerprint density at radius 3 is 2.41 bits per heavy atom. The van der Waals surface area contributed by atoms with Gasteiger partial charge in [-0.2, -0.15) is 0 Å². The molecule has 1 amide bonds. The minimum absolute atomic E-state index is 0.242. The van der Waals surface area contributed by atoms with Crippen molar-refractivity contribution in [1.82, 2.24) is 4.90 Å². The normalized spacial score (nSPS) is 15.6. The summed E-state index contributed by atoms with van der Waals surface area (Å²) in [6, 6.07) is 17.5. The molecule has 2 atom stereocenters. The van der Waals surface area contributed by atoms with Gasteiger partial charge in [0.2, 0.25) is 5.91 Å². The molecule has 1 N–H and O–H groups in total. The lowest BCUT2D eigenvalue weighted by atomic mass is 10.00. The topological polar surface area (TPSA) is 74.7 Å². The number of amides is 1. The van der Waals surface area contributed by atoms with E-state index < -0.39 is 22.0 Å². The molecule has 0 aliphatic carbocycles. The first kappa shape index (κ1) is 19.3. The van der Waals surface area contributed by atoms with E-state index in [2.05, 4.69) is 6.07 Å². The van der Waals surface area contributed by atoms with Crippen molar-refractivity contribution in [2.45, 2.75) is 31.1 Å². The first-order valence-electron chi connectivity index (χ1n) is 9.03. The van der Waals surface area contributed by atoms with Crippen LogP contribution in [0.3, 0.4) is 0 Å². The molecule has 6 heteroatoms. The van der Waals surface area contributed by atoms with E-state index in [4.69, 9.17) is 0 Å². The van der Waals surface area contributed by atoms with Gasteiger partial charge in [-0.25, -0.2) is 0 Å². The first-order chi connectivity index (χ1) is 13.0. The van der Waals surface area contributed by atoms with Crippen LogP contribution < -0.4 is 0 Å². The predicted molar refractivity (Wildman–Crippen MR) is 105 cm³/mol. The van der Waals surface area contributed by atoms with Crippen molar-refractivity contribution >= 4 is 22.7 Å². The summed E-state index contributed by atoms with van der Waals surface area (Å²) in [6.45, 7) is 1.07. The van der Waals surface area contributed by atoms with Gasteiger partial charge < -0.3 is 10.0 Å². The number of carboxylic acids is 1. The summed E-state index contributed by atoms with van der Waals surface area (Å²) < 4.78 is 12.6. The van der Waals surface area contributed by atoms with E-state index in [1.54, 1.807) is 4.90 Å². The van der Waals surface area contributed by atoms with Crippen molar-refractivity contribution in [3.05, 3.63) is 71.3 Å². The number of aryl methyl sites for hydroxylation is 1. The highest BCUT2D eigenvalue weighted by Crippen LogP contribution is 2.19. The molecule has 0 fully saturated rings. The molecular weight excluding hydrogens is 362 g/mol. The van der Waals surface area contributed by atoms with Crippen LogP contribution in [0.2, 0.25) is 0 Å². The second-order valence-electron chi connectivity index (χ2n) is 6.71. The number of nitrogens with zero attached hydrogens (tertiary/aromatic N) is 1. The van der Waals surface area contributed by atoms with Crippen LogP contribution in [0, 0.1) is 0 Å². The van der Waals surface area contributed by atoms with Gasteiger partial charge in [0.05, 0.1) is 0 Å². The maximum atomic E-state index is 12.6. The van der Waals surface area contributed by atoms with E-state index in [0.29, 0.717) is 19.5 Å². The summed E-state index contributed by atoms with van der Waals surface area (Å²) >= 11 is 0. The average Bonchev–Trinajstić information content (AvgIpc) is 2.68. The molecule has 1 heterocycles. The molecule has 0 aromatic heterocycles. The van der Waals surface area contributed by atoms with Gasteiger partial charge in [-0.15, -0.1) is 0 Å². The van der Waals surface area contributed by atoms with Crippen LogP contribution >= 0.6 is 0 Å². The quantitative estimate of drug-likeness (QED) is 0.794. The molecule has 0 spiro atoms. The zero-order chi connectivity index (χ0) is 19.2. The number of carbonyl (C=O) groups is 2. The molecule has 1 aliphatic rings. The van der Waals surface area contributed by atoms with Gasteiger partial charge in [0.15, 0.2) is 0 Å². The van der Waals surface area contributed by atoms with Gasteiger partial charge >= 0.3 is 5.97 Å². The summed E-state index contributed by atoms with van der Waals surface area (Å²) in [5.74, 6) is -1.59. The molecule has 2 unspecified atom stereocenters. The summed E-state index contributed by atoms with van der Waals surface area (Å²) in [6.07, 6.45) is 1.54. The van der Waals surface area contributed by atoms with Crippen molar-refractivity contribution in [1.29, 1.82) is 0 Å². The van der Waals surface area contributed by atoms with Crippen LogP contribution in [0.5, 0.6) is 0 Å². The van der Waals surface area contributed by atoms with E-state index >= 15 is 0 Å². The molecule has 2 aromatic rings. The number of hydrogen-bond acceptors (Lipinski definition) is 3. The smallest absolute Gasteiger partial charge is 0.319 e. The SMILES string of the molecule is O=C(O)C(CCc1ccccc1)S(=O)CC(=O)N1CCc2ccccc2C1. The number of hydrogen-bond donors (Lipinski definition) is 1. The highest BCUT2D eigenvalue weighted by Gasteiger charge is 2.29. The Hall–Kier alpha value is -2.47. The number of fused-ring (bicyclic) bond motifs is 1. The fourth-order valence-electron chi connectivity index (χ4n) is 3.33. The molecule has 0 radical (unpaired) electrons. The van der Waals surface area contributed by atoms with E-state index in [1.165, 1.54) is 5.56 Å². The van der Waals surface area contributed by atoms with Gasteiger partial charge in [-0.05, 0) is 36.0 Å². The molecule has 1 aliphatic heterocycles. The minimum atomic E-state index is -1.74.